The first-order chi connectivity index (χ1) is 7.75. The summed E-state index contributed by atoms with van der Waals surface area (Å²) in [5.74, 6) is 0. The molecule has 1 aromatic heterocycles. The molecule has 84 valence electrons. The van der Waals surface area contributed by atoms with Crippen LogP contribution < -0.4 is 5.32 Å². The maximum atomic E-state index is 3.57. The summed E-state index contributed by atoms with van der Waals surface area (Å²) in [7, 11) is 2.12. The first kappa shape index (κ1) is 10.4. The highest BCUT2D eigenvalue weighted by molar-refractivity contribution is 9.10. The van der Waals surface area contributed by atoms with Gasteiger partial charge < -0.3 is 9.88 Å². The molecule has 0 radical (unpaired) electrons. The minimum Gasteiger partial charge on any atom is -0.350 e. The van der Waals surface area contributed by atoms with Crippen LogP contribution in [0.25, 0.3) is 10.9 Å². The van der Waals surface area contributed by atoms with Crippen LogP contribution in [-0.2, 0) is 7.05 Å². The van der Waals surface area contributed by atoms with Gasteiger partial charge in [0.1, 0.15) is 0 Å². The van der Waals surface area contributed by atoms with E-state index in [0.29, 0.717) is 6.04 Å². The van der Waals surface area contributed by atoms with Gasteiger partial charge >= 0.3 is 0 Å². The zero-order chi connectivity index (χ0) is 11.1. The second-order valence-corrected chi connectivity index (χ2v) is 5.42. The summed E-state index contributed by atoms with van der Waals surface area (Å²) in [6, 6.07) is 7.08. The third-order valence-electron chi connectivity index (χ3n) is 3.42. The number of benzene rings is 1. The van der Waals surface area contributed by atoms with Crippen molar-refractivity contribution in [2.45, 2.75) is 18.9 Å². The lowest BCUT2D eigenvalue weighted by atomic mass is 10.0. The van der Waals surface area contributed by atoms with E-state index in [0.717, 1.165) is 11.0 Å². The van der Waals surface area contributed by atoms with Gasteiger partial charge in [-0.1, -0.05) is 22.0 Å². The van der Waals surface area contributed by atoms with Crippen molar-refractivity contribution < 1.29 is 0 Å². The molecule has 3 heteroatoms. The summed E-state index contributed by atoms with van der Waals surface area (Å²) in [5.41, 5.74) is 2.75. The maximum Gasteiger partial charge on any atom is 0.0492 e. The Morgan fingerprint density at radius 3 is 3.06 bits per heavy atom. The predicted octanol–water partition coefficient (Wildman–Crippen LogP) is 3.37. The van der Waals surface area contributed by atoms with Gasteiger partial charge in [-0.2, -0.15) is 0 Å². The molecule has 2 heterocycles. The van der Waals surface area contributed by atoms with Crippen LogP contribution in [0.5, 0.6) is 0 Å². The standard InChI is InChI=1S/C13H15BrN2/c1-16-8-11(12-3-2-6-15-12)10-5-4-9(14)7-13(10)16/h4-5,7-8,12,15H,2-3,6H2,1H3. The number of hydrogen-bond donors (Lipinski definition) is 1. The molecule has 1 aliphatic heterocycles. The van der Waals surface area contributed by atoms with E-state index in [1.807, 2.05) is 0 Å². The van der Waals surface area contributed by atoms with Gasteiger partial charge in [-0.05, 0) is 37.1 Å². The fraction of sp³-hybridized carbons (Fsp3) is 0.385. The molecule has 1 aromatic carbocycles. The molecule has 0 bridgehead atoms. The summed E-state index contributed by atoms with van der Waals surface area (Å²) < 4.78 is 3.36. The number of rotatable bonds is 1. The summed E-state index contributed by atoms with van der Waals surface area (Å²) in [4.78, 5) is 0. The normalized spacial score (nSPS) is 20.8. The van der Waals surface area contributed by atoms with E-state index < -0.39 is 0 Å². The summed E-state index contributed by atoms with van der Waals surface area (Å²) >= 11 is 3.53. The number of aryl methyl sites for hydroxylation is 1. The number of nitrogens with zero attached hydrogens (tertiary/aromatic N) is 1. The van der Waals surface area contributed by atoms with Crippen LogP contribution >= 0.6 is 15.9 Å². The third kappa shape index (κ3) is 1.59. The maximum absolute atomic E-state index is 3.57. The second-order valence-electron chi connectivity index (χ2n) is 4.51. The highest BCUT2D eigenvalue weighted by Gasteiger charge is 2.20. The molecule has 1 aliphatic rings. The van der Waals surface area contributed by atoms with Crippen molar-refractivity contribution >= 4 is 26.8 Å². The number of hydrogen-bond acceptors (Lipinski definition) is 1. The Labute approximate surface area is 104 Å². The van der Waals surface area contributed by atoms with E-state index in [9.17, 15) is 0 Å². The highest BCUT2D eigenvalue weighted by Crippen LogP contribution is 2.32. The number of halogens is 1. The zero-order valence-corrected chi connectivity index (χ0v) is 10.9. The first-order valence-corrected chi connectivity index (χ1v) is 6.53. The molecule has 1 N–H and O–H groups in total. The lowest BCUT2D eigenvalue weighted by Crippen LogP contribution is -2.12. The molecule has 0 amide bonds. The monoisotopic (exact) mass is 278 g/mol. The zero-order valence-electron chi connectivity index (χ0n) is 9.33. The van der Waals surface area contributed by atoms with Crippen LogP contribution in [0, 0.1) is 0 Å². The van der Waals surface area contributed by atoms with Crippen molar-refractivity contribution in [1.29, 1.82) is 0 Å². The smallest absolute Gasteiger partial charge is 0.0492 e. The Morgan fingerprint density at radius 2 is 2.31 bits per heavy atom. The van der Waals surface area contributed by atoms with Crippen molar-refractivity contribution in [3.63, 3.8) is 0 Å². The average molecular weight is 279 g/mol. The van der Waals surface area contributed by atoms with E-state index in [2.05, 4.69) is 57.3 Å². The van der Waals surface area contributed by atoms with E-state index >= 15 is 0 Å². The van der Waals surface area contributed by atoms with Crippen molar-refractivity contribution in [3.8, 4) is 0 Å². The van der Waals surface area contributed by atoms with E-state index in [1.54, 1.807) is 0 Å². The van der Waals surface area contributed by atoms with Gasteiger partial charge in [0.2, 0.25) is 0 Å². The first-order valence-electron chi connectivity index (χ1n) is 5.73. The van der Waals surface area contributed by atoms with Gasteiger partial charge in [0.15, 0.2) is 0 Å². The number of nitrogens with one attached hydrogen (secondary N) is 1. The Morgan fingerprint density at radius 1 is 1.44 bits per heavy atom. The van der Waals surface area contributed by atoms with Gasteiger partial charge in [-0.15, -0.1) is 0 Å². The van der Waals surface area contributed by atoms with Crippen LogP contribution in [0.2, 0.25) is 0 Å². The van der Waals surface area contributed by atoms with Gasteiger partial charge in [-0.3, -0.25) is 0 Å². The summed E-state index contributed by atoms with van der Waals surface area (Å²) in [6.07, 6.45) is 4.81. The van der Waals surface area contributed by atoms with E-state index in [1.165, 1.54) is 29.3 Å². The molecule has 3 rings (SSSR count). The van der Waals surface area contributed by atoms with Gasteiger partial charge in [0.25, 0.3) is 0 Å². The lowest BCUT2D eigenvalue weighted by molar-refractivity contribution is 0.650. The molecular formula is C13H15BrN2. The van der Waals surface area contributed by atoms with Gasteiger partial charge in [0.05, 0.1) is 0 Å². The molecule has 2 aromatic rings. The molecule has 16 heavy (non-hydrogen) atoms. The highest BCUT2D eigenvalue weighted by atomic mass is 79.9. The molecule has 1 unspecified atom stereocenters. The van der Waals surface area contributed by atoms with Crippen molar-refractivity contribution in [2.75, 3.05) is 6.54 Å². The van der Waals surface area contributed by atoms with Crippen LogP contribution in [0.15, 0.2) is 28.9 Å². The van der Waals surface area contributed by atoms with E-state index in [4.69, 9.17) is 0 Å². The topological polar surface area (TPSA) is 17.0 Å². The molecular weight excluding hydrogens is 264 g/mol. The Hall–Kier alpha value is -0.800. The fourth-order valence-electron chi connectivity index (χ4n) is 2.62. The van der Waals surface area contributed by atoms with Crippen molar-refractivity contribution in [1.82, 2.24) is 9.88 Å². The Bertz CT molecular complexity index is 524. The fourth-order valence-corrected chi connectivity index (χ4v) is 2.97. The van der Waals surface area contributed by atoms with Crippen LogP contribution in [-0.4, -0.2) is 11.1 Å². The Kier molecular flexibility index (Phi) is 2.52. The quantitative estimate of drug-likeness (QED) is 0.847. The SMILES string of the molecule is Cn1cc(C2CCCN2)c2ccc(Br)cc21. The number of fused-ring (bicyclic) bond motifs is 1. The van der Waals surface area contributed by atoms with Crippen molar-refractivity contribution in [2.24, 2.45) is 7.05 Å². The molecule has 1 fully saturated rings. The lowest BCUT2D eigenvalue weighted by Gasteiger charge is -2.08. The van der Waals surface area contributed by atoms with Crippen LogP contribution in [0.1, 0.15) is 24.4 Å². The summed E-state index contributed by atoms with van der Waals surface area (Å²) in [5, 5.41) is 4.95. The van der Waals surface area contributed by atoms with Crippen LogP contribution in [0.3, 0.4) is 0 Å². The van der Waals surface area contributed by atoms with Gasteiger partial charge in [0, 0.05) is 34.7 Å². The molecule has 2 nitrogen and oxygen atoms in total. The molecule has 0 aliphatic carbocycles. The molecule has 1 atom stereocenters. The van der Waals surface area contributed by atoms with Crippen LogP contribution in [0.4, 0.5) is 0 Å². The summed E-state index contributed by atoms with van der Waals surface area (Å²) in [6.45, 7) is 1.15. The molecule has 1 saturated heterocycles. The van der Waals surface area contributed by atoms with Crippen molar-refractivity contribution in [3.05, 3.63) is 34.4 Å². The van der Waals surface area contributed by atoms with E-state index in [-0.39, 0.29) is 0 Å². The van der Waals surface area contributed by atoms with Gasteiger partial charge in [-0.25, -0.2) is 0 Å². The minimum absolute atomic E-state index is 0.546. The third-order valence-corrected chi connectivity index (χ3v) is 3.91. The largest absolute Gasteiger partial charge is 0.350 e. The average Bonchev–Trinajstić information content (AvgIpc) is 2.87. The predicted molar refractivity (Wildman–Crippen MR) is 70.6 cm³/mol. The minimum atomic E-state index is 0.546. The molecule has 0 spiro atoms. The Balaban J connectivity index is 2.18. The molecule has 0 saturated carbocycles. The second kappa shape index (κ2) is 3.90. The number of aromatic nitrogens is 1.